The molecule has 0 unspecified atom stereocenters. The van der Waals surface area contributed by atoms with Crippen molar-refractivity contribution in [2.24, 2.45) is 0 Å². The zero-order valence-corrected chi connectivity index (χ0v) is 17.5. The number of para-hydroxylation sites is 1. The van der Waals surface area contributed by atoms with Crippen LogP contribution in [-0.2, 0) is 4.79 Å². The highest BCUT2D eigenvalue weighted by Gasteiger charge is 2.20. The van der Waals surface area contributed by atoms with Crippen LogP contribution in [0.2, 0.25) is 5.02 Å². The minimum atomic E-state index is -0.203. The lowest BCUT2D eigenvalue weighted by Gasteiger charge is -2.35. The fourth-order valence-electron chi connectivity index (χ4n) is 3.25. The minimum absolute atomic E-state index is 0.0459. The number of ether oxygens (including phenoxy) is 1. The number of likely N-dealkylation sites (N-methyl/N-ethyl adjacent to an activating group) is 1. The number of carbonyl (C=O) groups is 1. The number of nitrogens with zero attached hydrogens (tertiary/aromatic N) is 2. The van der Waals surface area contributed by atoms with E-state index in [0.29, 0.717) is 16.7 Å². The Balaban J connectivity index is 1.63. The Labute approximate surface area is 172 Å². The van der Waals surface area contributed by atoms with E-state index in [0.717, 1.165) is 37.6 Å². The van der Waals surface area contributed by atoms with Crippen LogP contribution >= 0.6 is 11.6 Å². The molecule has 1 N–H and O–H groups in total. The molecule has 0 spiro atoms. The van der Waals surface area contributed by atoms with Crippen LogP contribution in [0.1, 0.15) is 25.3 Å². The number of benzene rings is 2. The lowest BCUT2D eigenvalue weighted by molar-refractivity contribution is -0.118. The molecule has 1 fully saturated rings. The van der Waals surface area contributed by atoms with E-state index < -0.39 is 0 Å². The van der Waals surface area contributed by atoms with Gasteiger partial charge in [-0.25, -0.2) is 0 Å². The standard InChI is InChI=1S/C22H28ClN3O2/c1-16(2)17-7-9-18(10-8-17)28-15-21(27)24-20-6-4-5-19(23)22(20)26-13-11-25(3)12-14-26/h4-10,16H,11-15H2,1-3H3,(H,24,27). The maximum absolute atomic E-state index is 12.5. The Hall–Kier alpha value is -2.24. The molecule has 150 valence electrons. The summed E-state index contributed by atoms with van der Waals surface area (Å²) in [7, 11) is 2.11. The lowest BCUT2D eigenvalue weighted by atomic mass is 10.0. The fraction of sp³-hybridized carbons (Fsp3) is 0.409. The summed E-state index contributed by atoms with van der Waals surface area (Å²) in [5, 5.41) is 3.60. The van der Waals surface area contributed by atoms with Crippen LogP contribution in [-0.4, -0.2) is 50.6 Å². The van der Waals surface area contributed by atoms with E-state index in [1.54, 1.807) is 0 Å². The molecular formula is C22H28ClN3O2. The number of hydrogen-bond acceptors (Lipinski definition) is 4. The summed E-state index contributed by atoms with van der Waals surface area (Å²) in [5.41, 5.74) is 2.85. The molecule has 0 saturated carbocycles. The Kier molecular flexibility index (Phi) is 6.81. The molecule has 1 aliphatic rings. The van der Waals surface area contributed by atoms with E-state index in [1.807, 2.05) is 42.5 Å². The van der Waals surface area contributed by atoms with E-state index >= 15 is 0 Å². The van der Waals surface area contributed by atoms with Gasteiger partial charge in [0.2, 0.25) is 0 Å². The minimum Gasteiger partial charge on any atom is -0.484 e. The van der Waals surface area contributed by atoms with E-state index in [9.17, 15) is 4.79 Å². The quantitative estimate of drug-likeness (QED) is 0.786. The molecule has 0 atom stereocenters. The van der Waals surface area contributed by atoms with Gasteiger partial charge in [-0.15, -0.1) is 0 Å². The van der Waals surface area contributed by atoms with Crippen molar-refractivity contribution in [2.75, 3.05) is 50.1 Å². The predicted octanol–water partition coefficient (Wildman–Crippen LogP) is 4.23. The molecule has 1 amide bonds. The Morgan fingerprint density at radius 2 is 1.79 bits per heavy atom. The average molecular weight is 402 g/mol. The van der Waals surface area contributed by atoms with E-state index in [-0.39, 0.29) is 12.5 Å². The summed E-state index contributed by atoms with van der Waals surface area (Å²) in [4.78, 5) is 17.0. The van der Waals surface area contributed by atoms with Gasteiger partial charge in [-0.2, -0.15) is 0 Å². The van der Waals surface area contributed by atoms with Crippen LogP contribution < -0.4 is 15.0 Å². The first-order valence-corrected chi connectivity index (χ1v) is 10.1. The van der Waals surface area contributed by atoms with Crippen molar-refractivity contribution in [1.29, 1.82) is 0 Å². The van der Waals surface area contributed by atoms with Gasteiger partial charge in [-0.1, -0.05) is 43.6 Å². The number of rotatable bonds is 6. The highest BCUT2D eigenvalue weighted by molar-refractivity contribution is 6.34. The van der Waals surface area contributed by atoms with E-state index in [4.69, 9.17) is 16.3 Å². The van der Waals surface area contributed by atoms with Crippen molar-refractivity contribution in [3.63, 3.8) is 0 Å². The molecule has 6 heteroatoms. The maximum Gasteiger partial charge on any atom is 0.262 e. The van der Waals surface area contributed by atoms with Crippen molar-refractivity contribution in [3.05, 3.63) is 53.1 Å². The number of halogens is 1. The van der Waals surface area contributed by atoms with Crippen LogP contribution in [0.25, 0.3) is 0 Å². The number of hydrogen-bond donors (Lipinski definition) is 1. The van der Waals surface area contributed by atoms with Gasteiger partial charge < -0.3 is 19.9 Å². The summed E-state index contributed by atoms with van der Waals surface area (Å²) in [6.07, 6.45) is 0. The third-order valence-corrected chi connectivity index (χ3v) is 5.30. The number of piperazine rings is 1. The van der Waals surface area contributed by atoms with Crippen LogP contribution in [0.4, 0.5) is 11.4 Å². The van der Waals surface area contributed by atoms with Gasteiger partial charge in [-0.3, -0.25) is 4.79 Å². The van der Waals surface area contributed by atoms with Crippen molar-refractivity contribution in [2.45, 2.75) is 19.8 Å². The third kappa shape index (κ3) is 5.18. The highest BCUT2D eigenvalue weighted by Crippen LogP contribution is 2.34. The van der Waals surface area contributed by atoms with Crippen molar-refractivity contribution < 1.29 is 9.53 Å². The molecule has 3 rings (SSSR count). The summed E-state index contributed by atoms with van der Waals surface area (Å²) in [5.74, 6) is 0.948. The Bertz CT molecular complexity index is 800. The molecule has 2 aromatic carbocycles. The lowest BCUT2D eigenvalue weighted by Crippen LogP contribution is -2.45. The molecule has 28 heavy (non-hydrogen) atoms. The molecule has 1 saturated heterocycles. The first-order chi connectivity index (χ1) is 13.4. The molecule has 0 radical (unpaired) electrons. The number of amides is 1. The fourth-order valence-corrected chi connectivity index (χ4v) is 3.55. The third-order valence-electron chi connectivity index (χ3n) is 5.00. The predicted molar refractivity (Wildman–Crippen MR) is 116 cm³/mol. The van der Waals surface area contributed by atoms with Gasteiger partial charge in [0.15, 0.2) is 6.61 Å². The van der Waals surface area contributed by atoms with Crippen LogP contribution in [0.15, 0.2) is 42.5 Å². The molecule has 0 aromatic heterocycles. The average Bonchev–Trinajstić information content (AvgIpc) is 2.68. The molecule has 0 aliphatic carbocycles. The number of nitrogens with one attached hydrogen (secondary N) is 1. The van der Waals surface area contributed by atoms with Crippen molar-refractivity contribution >= 4 is 28.9 Å². The molecule has 0 bridgehead atoms. The molecule has 1 heterocycles. The topological polar surface area (TPSA) is 44.8 Å². The second kappa shape index (κ2) is 9.30. The zero-order valence-electron chi connectivity index (χ0n) is 16.7. The van der Waals surface area contributed by atoms with Crippen LogP contribution in [0.3, 0.4) is 0 Å². The Morgan fingerprint density at radius 3 is 2.43 bits per heavy atom. The van der Waals surface area contributed by atoms with Crippen LogP contribution in [0, 0.1) is 0 Å². The number of carbonyl (C=O) groups excluding carboxylic acids is 1. The maximum atomic E-state index is 12.5. The van der Waals surface area contributed by atoms with Crippen molar-refractivity contribution in [1.82, 2.24) is 4.90 Å². The monoisotopic (exact) mass is 401 g/mol. The van der Waals surface area contributed by atoms with Crippen molar-refractivity contribution in [3.8, 4) is 5.75 Å². The first-order valence-electron chi connectivity index (χ1n) is 9.68. The zero-order chi connectivity index (χ0) is 20.1. The van der Waals surface area contributed by atoms with Gasteiger partial charge >= 0.3 is 0 Å². The van der Waals surface area contributed by atoms with E-state index in [1.165, 1.54) is 5.56 Å². The van der Waals surface area contributed by atoms with Gasteiger partial charge in [0.05, 0.1) is 16.4 Å². The summed E-state index contributed by atoms with van der Waals surface area (Å²) >= 11 is 6.46. The summed E-state index contributed by atoms with van der Waals surface area (Å²) in [6.45, 7) is 7.93. The SMILES string of the molecule is CC(C)c1ccc(OCC(=O)Nc2cccc(Cl)c2N2CCN(C)CC2)cc1. The van der Waals surface area contributed by atoms with Gasteiger partial charge in [0, 0.05) is 26.2 Å². The van der Waals surface area contributed by atoms with Gasteiger partial charge in [-0.05, 0) is 42.8 Å². The largest absolute Gasteiger partial charge is 0.484 e. The van der Waals surface area contributed by atoms with Gasteiger partial charge in [0.25, 0.3) is 5.91 Å². The summed E-state index contributed by atoms with van der Waals surface area (Å²) < 4.78 is 5.64. The Morgan fingerprint density at radius 1 is 1.11 bits per heavy atom. The highest BCUT2D eigenvalue weighted by atomic mass is 35.5. The molecule has 5 nitrogen and oxygen atoms in total. The first kappa shape index (κ1) is 20.5. The molecule has 2 aromatic rings. The normalized spacial score (nSPS) is 15.0. The van der Waals surface area contributed by atoms with Crippen LogP contribution in [0.5, 0.6) is 5.75 Å². The number of anilines is 2. The van der Waals surface area contributed by atoms with Gasteiger partial charge in [0.1, 0.15) is 5.75 Å². The molecular weight excluding hydrogens is 374 g/mol. The van der Waals surface area contributed by atoms with E-state index in [2.05, 4.69) is 36.0 Å². The smallest absolute Gasteiger partial charge is 0.262 e. The second-order valence-corrected chi connectivity index (χ2v) is 7.89. The second-order valence-electron chi connectivity index (χ2n) is 7.49. The molecule has 1 aliphatic heterocycles. The summed E-state index contributed by atoms with van der Waals surface area (Å²) in [6, 6.07) is 13.4.